The minimum Gasteiger partial charge on any atom is -0.341 e. The molecule has 10 heteroatoms. The number of anilines is 1. The van der Waals surface area contributed by atoms with Crippen molar-refractivity contribution in [2.75, 3.05) is 5.32 Å². The smallest absolute Gasteiger partial charge is 0.270 e. The van der Waals surface area contributed by atoms with Crippen LogP contribution in [0.1, 0.15) is 17.3 Å². The van der Waals surface area contributed by atoms with Crippen molar-refractivity contribution in [3.05, 3.63) is 81.6 Å². The van der Waals surface area contributed by atoms with Crippen LogP contribution in [-0.2, 0) is 4.79 Å². The average Bonchev–Trinajstić information content (AvgIpc) is 3.22. The van der Waals surface area contributed by atoms with Crippen molar-refractivity contribution in [1.82, 2.24) is 15.1 Å². The summed E-state index contributed by atoms with van der Waals surface area (Å²) >= 11 is 6.04. The lowest BCUT2D eigenvalue weighted by Gasteiger charge is -2.16. The summed E-state index contributed by atoms with van der Waals surface area (Å²) in [5.74, 6) is -1.09. The number of benzene rings is 2. The first-order valence-corrected chi connectivity index (χ1v) is 8.88. The summed E-state index contributed by atoms with van der Waals surface area (Å²) in [6.07, 6.45) is 3.31. The summed E-state index contributed by atoms with van der Waals surface area (Å²) in [5.41, 5.74) is 0.893. The molecule has 3 rings (SSSR count). The standard InChI is InChI=1S/C19H16ClN5O4/c1-12(22-19(27)13-4-2-5-15(10-13)25(28)29)18(26)23-16-11-14(20)6-7-17(16)24-9-3-8-21-24/h2-12H,1H3,(H,22,27)(H,23,26). The lowest BCUT2D eigenvalue weighted by molar-refractivity contribution is -0.384. The molecule has 2 amide bonds. The fourth-order valence-electron chi connectivity index (χ4n) is 2.57. The molecule has 2 aromatic carbocycles. The number of aromatic nitrogens is 2. The summed E-state index contributed by atoms with van der Waals surface area (Å²) in [7, 11) is 0. The van der Waals surface area contributed by atoms with E-state index < -0.39 is 22.8 Å². The van der Waals surface area contributed by atoms with E-state index in [0.717, 1.165) is 6.07 Å². The summed E-state index contributed by atoms with van der Waals surface area (Å²) in [6.45, 7) is 1.50. The highest BCUT2D eigenvalue weighted by atomic mass is 35.5. The van der Waals surface area contributed by atoms with Crippen molar-refractivity contribution in [3.8, 4) is 5.69 Å². The van der Waals surface area contributed by atoms with E-state index in [-0.39, 0.29) is 11.3 Å². The maximum Gasteiger partial charge on any atom is 0.270 e. The Balaban J connectivity index is 1.73. The Labute approximate surface area is 170 Å². The minimum atomic E-state index is -0.911. The van der Waals surface area contributed by atoms with Crippen molar-refractivity contribution in [2.24, 2.45) is 0 Å². The summed E-state index contributed by atoms with van der Waals surface area (Å²) < 4.78 is 1.57. The number of rotatable bonds is 6. The summed E-state index contributed by atoms with van der Waals surface area (Å²) in [6, 6.07) is 11.0. The first kappa shape index (κ1) is 20.0. The molecule has 9 nitrogen and oxygen atoms in total. The summed E-state index contributed by atoms with van der Waals surface area (Å²) in [4.78, 5) is 35.2. The molecular formula is C19H16ClN5O4. The second kappa shape index (κ2) is 8.53. The lowest BCUT2D eigenvalue weighted by atomic mass is 10.1. The zero-order chi connectivity index (χ0) is 21.0. The SMILES string of the molecule is CC(NC(=O)c1cccc([N+](=O)[O-])c1)C(=O)Nc1cc(Cl)ccc1-n1cccn1. The number of carbonyl (C=O) groups is 2. The molecule has 29 heavy (non-hydrogen) atoms. The van der Waals surface area contributed by atoms with Crippen LogP contribution in [0.25, 0.3) is 5.69 Å². The molecule has 148 valence electrons. The topological polar surface area (TPSA) is 119 Å². The molecular weight excluding hydrogens is 398 g/mol. The molecule has 0 fully saturated rings. The normalized spacial score (nSPS) is 11.5. The van der Waals surface area contributed by atoms with E-state index in [1.165, 1.54) is 25.1 Å². The van der Waals surface area contributed by atoms with E-state index in [9.17, 15) is 19.7 Å². The first-order valence-electron chi connectivity index (χ1n) is 8.51. The van der Waals surface area contributed by atoms with Crippen LogP contribution in [-0.4, -0.2) is 32.6 Å². The number of nitrogens with zero attached hydrogens (tertiary/aromatic N) is 3. The van der Waals surface area contributed by atoms with Crippen molar-refractivity contribution in [1.29, 1.82) is 0 Å². The third kappa shape index (κ3) is 4.77. The zero-order valence-corrected chi connectivity index (χ0v) is 16.0. The second-order valence-corrected chi connectivity index (χ2v) is 6.54. The van der Waals surface area contributed by atoms with Crippen LogP contribution < -0.4 is 10.6 Å². The van der Waals surface area contributed by atoms with Crippen LogP contribution in [0.2, 0.25) is 5.02 Å². The molecule has 0 spiro atoms. The predicted molar refractivity (Wildman–Crippen MR) is 107 cm³/mol. The maximum atomic E-state index is 12.6. The largest absolute Gasteiger partial charge is 0.341 e. The molecule has 3 aromatic rings. The van der Waals surface area contributed by atoms with Gasteiger partial charge in [-0.05, 0) is 37.3 Å². The molecule has 0 aliphatic carbocycles. The van der Waals surface area contributed by atoms with Gasteiger partial charge in [-0.25, -0.2) is 4.68 Å². The maximum absolute atomic E-state index is 12.6. The number of non-ortho nitro benzene ring substituents is 1. The van der Waals surface area contributed by atoms with Crippen LogP contribution in [0.15, 0.2) is 60.9 Å². The van der Waals surface area contributed by atoms with Gasteiger partial charge in [-0.2, -0.15) is 5.10 Å². The Morgan fingerprint density at radius 2 is 2.00 bits per heavy atom. The van der Waals surface area contributed by atoms with E-state index in [0.29, 0.717) is 16.4 Å². The quantitative estimate of drug-likeness (QED) is 0.475. The van der Waals surface area contributed by atoms with Crippen molar-refractivity contribution in [2.45, 2.75) is 13.0 Å². The number of halogens is 1. The van der Waals surface area contributed by atoms with E-state index in [4.69, 9.17) is 11.6 Å². The number of hydrogen-bond acceptors (Lipinski definition) is 5. The predicted octanol–water partition coefficient (Wildman–Crippen LogP) is 3.19. The first-order chi connectivity index (χ1) is 13.8. The summed E-state index contributed by atoms with van der Waals surface area (Å²) in [5, 5.41) is 20.7. The molecule has 1 unspecified atom stereocenters. The second-order valence-electron chi connectivity index (χ2n) is 6.10. The Morgan fingerprint density at radius 3 is 2.69 bits per heavy atom. The number of hydrogen-bond donors (Lipinski definition) is 2. The van der Waals surface area contributed by atoms with Crippen LogP contribution in [0.5, 0.6) is 0 Å². The monoisotopic (exact) mass is 413 g/mol. The molecule has 0 aliphatic rings. The van der Waals surface area contributed by atoms with Crippen molar-refractivity contribution in [3.63, 3.8) is 0 Å². The van der Waals surface area contributed by atoms with Gasteiger partial charge in [-0.3, -0.25) is 19.7 Å². The van der Waals surface area contributed by atoms with Gasteiger partial charge in [0.15, 0.2) is 0 Å². The Hall–Kier alpha value is -3.72. The molecule has 1 aromatic heterocycles. The molecule has 1 heterocycles. The van der Waals surface area contributed by atoms with E-state index >= 15 is 0 Å². The highest BCUT2D eigenvalue weighted by molar-refractivity contribution is 6.31. The minimum absolute atomic E-state index is 0.0823. The fraction of sp³-hybridized carbons (Fsp3) is 0.105. The van der Waals surface area contributed by atoms with E-state index in [1.54, 1.807) is 41.3 Å². The van der Waals surface area contributed by atoms with Crippen molar-refractivity contribution >= 4 is 34.8 Å². The fourth-order valence-corrected chi connectivity index (χ4v) is 2.74. The van der Waals surface area contributed by atoms with E-state index in [1.807, 2.05) is 0 Å². The molecule has 0 saturated carbocycles. The van der Waals surface area contributed by atoms with Gasteiger partial charge >= 0.3 is 0 Å². The van der Waals surface area contributed by atoms with Crippen LogP contribution in [0.4, 0.5) is 11.4 Å². The van der Waals surface area contributed by atoms with Gasteiger partial charge in [0.2, 0.25) is 5.91 Å². The molecule has 0 bridgehead atoms. The third-order valence-corrected chi connectivity index (χ3v) is 4.26. The number of nitro benzene ring substituents is 1. The third-order valence-electron chi connectivity index (χ3n) is 4.03. The molecule has 2 N–H and O–H groups in total. The van der Waals surface area contributed by atoms with Crippen LogP contribution in [0.3, 0.4) is 0 Å². The lowest BCUT2D eigenvalue weighted by Crippen LogP contribution is -2.41. The molecule has 1 atom stereocenters. The molecule has 0 saturated heterocycles. The average molecular weight is 414 g/mol. The Morgan fingerprint density at radius 1 is 1.21 bits per heavy atom. The van der Waals surface area contributed by atoms with Gasteiger partial charge in [0.1, 0.15) is 6.04 Å². The van der Waals surface area contributed by atoms with E-state index in [2.05, 4.69) is 15.7 Å². The Bertz CT molecular complexity index is 1070. The van der Waals surface area contributed by atoms with Crippen LogP contribution in [0, 0.1) is 10.1 Å². The van der Waals surface area contributed by atoms with Gasteiger partial charge in [0.05, 0.1) is 16.3 Å². The van der Waals surface area contributed by atoms with Crippen LogP contribution >= 0.6 is 11.6 Å². The van der Waals surface area contributed by atoms with Gasteiger partial charge in [-0.15, -0.1) is 0 Å². The van der Waals surface area contributed by atoms with Gasteiger partial charge < -0.3 is 10.6 Å². The van der Waals surface area contributed by atoms with Crippen molar-refractivity contribution < 1.29 is 14.5 Å². The van der Waals surface area contributed by atoms with Gasteiger partial charge in [0.25, 0.3) is 11.6 Å². The highest BCUT2D eigenvalue weighted by Crippen LogP contribution is 2.24. The number of nitro groups is 1. The van der Waals surface area contributed by atoms with Gasteiger partial charge in [0, 0.05) is 35.1 Å². The molecule has 0 aliphatic heterocycles. The molecule has 0 radical (unpaired) electrons. The Kier molecular flexibility index (Phi) is 5.89. The number of amides is 2. The van der Waals surface area contributed by atoms with Gasteiger partial charge in [-0.1, -0.05) is 17.7 Å². The highest BCUT2D eigenvalue weighted by Gasteiger charge is 2.19. The number of carbonyl (C=O) groups excluding carboxylic acids is 2. The zero-order valence-electron chi connectivity index (χ0n) is 15.2. The number of nitrogens with one attached hydrogen (secondary N) is 2.